The van der Waals surface area contributed by atoms with Gasteiger partial charge in [0.1, 0.15) is 11.6 Å². The molecule has 0 saturated carbocycles. The Balaban J connectivity index is 2.18. The molecule has 0 aliphatic rings. The van der Waals surface area contributed by atoms with Crippen LogP contribution in [0.1, 0.15) is 24.2 Å². The summed E-state index contributed by atoms with van der Waals surface area (Å²) in [5.41, 5.74) is 5.74. The van der Waals surface area contributed by atoms with E-state index < -0.39 is 5.91 Å². The number of para-hydroxylation sites is 2. The molecule has 0 aliphatic carbocycles. The summed E-state index contributed by atoms with van der Waals surface area (Å²) in [5.74, 6) is 0.0206. The van der Waals surface area contributed by atoms with Crippen molar-refractivity contribution in [3.8, 4) is 5.75 Å². The van der Waals surface area contributed by atoms with E-state index in [0.29, 0.717) is 22.8 Å². The first kappa shape index (κ1) is 17.3. The number of nitrogens with one attached hydrogen (secondary N) is 3. The van der Waals surface area contributed by atoms with E-state index >= 15 is 0 Å². The summed E-state index contributed by atoms with van der Waals surface area (Å²) in [6, 6.07) is 10.6. The highest BCUT2D eigenvalue weighted by molar-refractivity contribution is 6.00. The average molecular weight is 328 g/mol. The van der Waals surface area contributed by atoms with Gasteiger partial charge in [0.15, 0.2) is 0 Å². The molecule has 0 aliphatic heterocycles. The van der Waals surface area contributed by atoms with Crippen LogP contribution in [0, 0.1) is 5.92 Å². The summed E-state index contributed by atoms with van der Waals surface area (Å²) < 4.78 is 5.28. The monoisotopic (exact) mass is 328 g/mol. The predicted molar refractivity (Wildman–Crippen MR) is 91.0 cm³/mol. The summed E-state index contributed by atoms with van der Waals surface area (Å²) in [6.45, 7) is 3.47. The number of ether oxygens (including phenoxy) is 1. The lowest BCUT2D eigenvalue weighted by Gasteiger charge is -2.14. The third-order valence-corrected chi connectivity index (χ3v) is 3.24. The van der Waals surface area contributed by atoms with Crippen molar-refractivity contribution in [2.24, 2.45) is 5.92 Å². The highest BCUT2D eigenvalue weighted by Crippen LogP contribution is 2.27. The zero-order valence-corrected chi connectivity index (χ0v) is 13.8. The molecule has 0 atom stereocenters. The van der Waals surface area contributed by atoms with Crippen LogP contribution in [0.4, 0.5) is 11.5 Å². The second-order valence-corrected chi connectivity index (χ2v) is 5.32. The smallest absolute Gasteiger partial charge is 0.273 e. The highest BCUT2D eigenvalue weighted by Gasteiger charge is 2.15. The Morgan fingerprint density at radius 3 is 2.54 bits per heavy atom. The van der Waals surface area contributed by atoms with Crippen LogP contribution in [-0.4, -0.2) is 23.9 Å². The van der Waals surface area contributed by atoms with Gasteiger partial charge in [-0.1, -0.05) is 26.0 Å². The van der Waals surface area contributed by atoms with E-state index in [1.807, 2.05) is 18.2 Å². The SMILES string of the molecule is COc1ccccc1Nc1ncccc1C(=O)NNC(=O)C(C)C. The number of pyridine rings is 1. The summed E-state index contributed by atoms with van der Waals surface area (Å²) >= 11 is 0. The van der Waals surface area contributed by atoms with E-state index in [1.54, 1.807) is 45.4 Å². The number of hydrazine groups is 1. The van der Waals surface area contributed by atoms with Crippen LogP contribution in [-0.2, 0) is 4.79 Å². The lowest BCUT2D eigenvalue weighted by atomic mass is 10.2. The number of carbonyl (C=O) groups excluding carboxylic acids is 2. The van der Waals surface area contributed by atoms with Crippen molar-refractivity contribution in [1.82, 2.24) is 15.8 Å². The zero-order valence-electron chi connectivity index (χ0n) is 13.8. The van der Waals surface area contributed by atoms with Gasteiger partial charge in [-0.2, -0.15) is 0 Å². The molecule has 2 rings (SSSR count). The molecule has 3 N–H and O–H groups in total. The molecule has 2 amide bonds. The van der Waals surface area contributed by atoms with Crippen LogP contribution >= 0.6 is 0 Å². The Morgan fingerprint density at radius 1 is 1.08 bits per heavy atom. The number of rotatable bonds is 5. The number of nitrogens with zero attached hydrogens (tertiary/aromatic N) is 1. The number of hydrogen-bond acceptors (Lipinski definition) is 5. The number of amides is 2. The Morgan fingerprint density at radius 2 is 1.83 bits per heavy atom. The van der Waals surface area contributed by atoms with Crippen LogP contribution in [0.5, 0.6) is 5.75 Å². The largest absolute Gasteiger partial charge is 0.495 e. The Labute approximate surface area is 140 Å². The second-order valence-electron chi connectivity index (χ2n) is 5.32. The van der Waals surface area contributed by atoms with Crippen molar-refractivity contribution in [1.29, 1.82) is 0 Å². The molecule has 24 heavy (non-hydrogen) atoms. The minimum Gasteiger partial charge on any atom is -0.495 e. The van der Waals surface area contributed by atoms with Crippen molar-refractivity contribution < 1.29 is 14.3 Å². The van der Waals surface area contributed by atoms with E-state index in [1.165, 1.54) is 0 Å². The zero-order chi connectivity index (χ0) is 17.5. The molecule has 1 heterocycles. The molecule has 126 valence electrons. The van der Waals surface area contributed by atoms with Crippen molar-refractivity contribution in [3.05, 3.63) is 48.2 Å². The van der Waals surface area contributed by atoms with Crippen LogP contribution < -0.4 is 20.9 Å². The number of benzene rings is 1. The topological polar surface area (TPSA) is 92.3 Å². The van der Waals surface area contributed by atoms with Crippen molar-refractivity contribution in [2.75, 3.05) is 12.4 Å². The molecule has 0 fully saturated rings. The van der Waals surface area contributed by atoms with Gasteiger partial charge in [-0.25, -0.2) is 4.98 Å². The van der Waals surface area contributed by atoms with E-state index in [2.05, 4.69) is 21.2 Å². The van der Waals surface area contributed by atoms with Crippen molar-refractivity contribution >= 4 is 23.3 Å². The number of methoxy groups -OCH3 is 1. The number of hydrogen-bond donors (Lipinski definition) is 3. The number of carbonyl (C=O) groups is 2. The lowest BCUT2D eigenvalue weighted by molar-refractivity contribution is -0.124. The van der Waals surface area contributed by atoms with Crippen molar-refractivity contribution in [3.63, 3.8) is 0 Å². The molecule has 0 bridgehead atoms. The average Bonchev–Trinajstić information content (AvgIpc) is 2.60. The van der Waals surface area contributed by atoms with Crippen LogP contribution in [0.3, 0.4) is 0 Å². The standard InChI is InChI=1S/C17H20N4O3/c1-11(2)16(22)20-21-17(23)12-7-6-10-18-15(12)19-13-8-4-5-9-14(13)24-3/h4-11H,1-3H3,(H,18,19)(H,20,22)(H,21,23). The highest BCUT2D eigenvalue weighted by atomic mass is 16.5. The van der Waals surface area contributed by atoms with Crippen LogP contribution in [0.25, 0.3) is 0 Å². The van der Waals surface area contributed by atoms with Crippen LogP contribution in [0.2, 0.25) is 0 Å². The lowest BCUT2D eigenvalue weighted by Crippen LogP contribution is -2.43. The fraction of sp³-hybridized carbons (Fsp3) is 0.235. The van der Waals surface area contributed by atoms with Gasteiger partial charge in [-0.05, 0) is 24.3 Å². The number of anilines is 2. The first-order valence-electron chi connectivity index (χ1n) is 7.48. The predicted octanol–water partition coefficient (Wildman–Crippen LogP) is 2.25. The van der Waals surface area contributed by atoms with Crippen molar-refractivity contribution in [2.45, 2.75) is 13.8 Å². The molecule has 2 aromatic rings. The van der Waals surface area contributed by atoms with Gasteiger partial charge in [0.25, 0.3) is 5.91 Å². The third kappa shape index (κ3) is 4.22. The van der Waals surface area contributed by atoms with Crippen LogP contribution in [0.15, 0.2) is 42.6 Å². The van der Waals surface area contributed by atoms with E-state index in [9.17, 15) is 9.59 Å². The van der Waals surface area contributed by atoms with Gasteiger partial charge in [0.05, 0.1) is 18.4 Å². The molecule has 7 heteroatoms. The maximum absolute atomic E-state index is 12.3. The molecule has 0 unspecified atom stereocenters. The molecule has 7 nitrogen and oxygen atoms in total. The molecule has 0 saturated heterocycles. The van der Waals surface area contributed by atoms with Gasteiger partial charge >= 0.3 is 0 Å². The summed E-state index contributed by atoms with van der Waals surface area (Å²) in [6.07, 6.45) is 1.57. The summed E-state index contributed by atoms with van der Waals surface area (Å²) in [4.78, 5) is 28.1. The molecular formula is C17H20N4O3. The number of aromatic nitrogens is 1. The molecular weight excluding hydrogens is 308 g/mol. The Bertz CT molecular complexity index is 731. The summed E-state index contributed by atoms with van der Waals surface area (Å²) in [5, 5.41) is 3.07. The van der Waals surface area contributed by atoms with E-state index in [0.717, 1.165) is 0 Å². The van der Waals surface area contributed by atoms with Gasteiger partial charge in [0.2, 0.25) is 5.91 Å². The maximum atomic E-state index is 12.3. The van der Waals surface area contributed by atoms with Gasteiger partial charge in [-0.15, -0.1) is 0 Å². The first-order valence-corrected chi connectivity index (χ1v) is 7.48. The fourth-order valence-corrected chi connectivity index (χ4v) is 1.89. The third-order valence-electron chi connectivity index (χ3n) is 3.24. The minimum absolute atomic E-state index is 0.231. The Kier molecular flexibility index (Phi) is 5.73. The fourth-order valence-electron chi connectivity index (χ4n) is 1.89. The normalized spacial score (nSPS) is 10.2. The Hall–Kier alpha value is -3.09. The van der Waals surface area contributed by atoms with E-state index in [4.69, 9.17) is 4.74 Å². The molecule has 1 aromatic carbocycles. The summed E-state index contributed by atoms with van der Waals surface area (Å²) in [7, 11) is 1.56. The first-order chi connectivity index (χ1) is 11.5. The van der Waals surface area contributed by atoms with Gasteiger partial charge in [0, 0.05) is 12.1 Å². The quantitative estimate of drug-likeness (QED) is 0.732. The molecule has 1 aromatic heterocycles. The van der Waals surface area contributed by atoms with E-state index in [-0.39, 0.29) is 11.8 Å². The second kappa shape index (κ2) is 7.96. The maximum Gasteiger partial charge on any atom is 0.273 e. The van der Waals surface area contributed by atoms with Gasteiger partial charge < -0.3 is 10.1 Å². The molecule has 0 spiro atoms. The molecule has 0 radical (unpaired) electrons. The van der Waals surface area contributed by atoms with Gasteiger partial charge in [-0.3, -0.25) is 20.4 Å². The minimum atomic E-state index is -0.463.